The average molecular weight is 569 g/mol. The molecule has 2 rings (SSSR count). The van der Waals surface area contributed by atoms with E-state index in [1.807, 2.05) is 39.8 Å². The Morgan fingerprint density at radius 3 is 1.93 bits per heavy atom. The van der Waals surface area contributed by atoms with Gasteiger partial charge in [-0.2, -0.15) is 0 Å². The Balaban J connectivity index is 0.00000268. The third-order valence-corrected chi connectivity index (χ3v) is 8.26. The Morgan fingerprint density at radius 2 is 1.44 bits per heavy atom. The van der Waals surface area contributed by atoms with Gasteiger partial charge < -0.3 is 0 Å². The van der Waals surface area contributed by atoms with Gasteiger partial charge in [-0.05, 0) is 80.9 Å². The molecule has 3 unspecified atom stereocenters. The van der Waals surface area contributed by atoms with Crippen molar-refractivity contribution in [1.82, 2.24) is 0 Å². The second-order valence-electron chi connectivity index (χ2n) is 12.1. The molecule has 1 aliphatic carbocycles. The molecule has 5 heteroatoms. The van der Waals surface area contributed by atoms with Crippen LogP contribution in [0.3, 0.4) is 0 Å². The van der Waals surface area contributed by atoms with Gasteiger partial charge in [0.2, 0.25) is 0 Å². The van der Waals surface area contributed by atoms with E-state index in [1.54, 1.807) is 0 Å². The first-order chi connectivity index (χ1) is 19.5. The van der Waals surface area contributed by atoms with Crippen LogP contribution in [0, 0.1) is 30.6 Å². The molecule has 0 amide bonds. The van der Waals surface area contributed by atoms with Gasteiger partial charge in [0, 0.05) is 30.7 Å². The average Bonchev–Trinajstić information content (AvgIpc) is 2.89. The van der Waals surface area contributed by atoms with E-state index in [0.29, 0.717) is 32.1 Å². The highest BCUT2D eigenvalue weighted by atomic mass is 16.2. The molecule has 41 heavy (non-hydrogen) atoms. The predicted molar refractivity (Wildman–Crippen MR) is 167 cm³/mol. The van der Waals surface area contributed by atoms with Crippen molar-refractivity contribution in [2.24, 2.45) is 23.7 Å². The molecule has 1 aromatic rings. The van der Waals surface area contributed by atoms with Gasteiger partial charge in [0.25, 0.3) is 0 Å². The molecule has 0 spiro atoms. The zero-order valence-electron chi connectivity index (χ0n) is 27.2. The molecule has 0 saturated carbocycles. The van der Waals surface area contributed by atoms with Gasteiger partial charge in [0.15, 0.2) is 5.78 Å². The number of Topliss-reactive ketones (excluding diaryl/α,β-unsaturated/α-hetero) is 5. The van der Waals surface area contributed by atoms with Crippen LogP contribution in [0.4, 0.5) is 0 Å². The first kappa shape index (κ1) is 36.6. The Kier molecular flexibility index (Phi) is 16.9. The number of hydrogen-bond donors (Lipinski definition) is 0. The summed E-state index contributed by atoms with van der Waals surface area (Å²) in [5.74, 6) is -0.373. The van der Waals surface area contributed by atoms with Gasteiger partial charge in [-0.25, -0.2) is 0 Å². The zero-order valence-corrected chi connectivity index (χ0v) is 27.2. The van der Waals surface area contributed by atoms with E-state index in [0.717, 1.165) is 60.8 Å². The summed E-state index contributed by atoms with van der Waals surface area (Å²) in [7, 11) is 0. The molecule has 0 aromatic heterocycles. The number of benzene rings is 1. The largest absolute Gasteiger partial charge is 0.300 e. The van der Waals surface area contributed by atoms with Crippen LogP contribution in [0.2, 0.25) is 0 Å². The fourth-order valence-corrected chi connectivity index (χ4v) is 6.46. The van der Waals surface area contributed by atoms with Crippen molar-refractivity contribution in [2.45, 2.75) is 139 Å². The number of carbonyl (C=O) groups is 5. The Labute approximate surface area is 249 Å². The van der Waals surface area contributed by atoms with Gasteiger partial charge >= 0.3 is 0 Å². The van der Waals surface area contributed by atoms with Crippen molar-refractivity contribution < 1.29 is 24.0 Å². The molecule has 0 heterocycles. The van der Waals surface area contributed by atoms with E-state index >= 15 is 0 Å². The maximum atomic E-state index is 13.4. The second kappa shape index (κ2) is 18.9. The second-order valence-corrected chi connectivity index (χ2v) is 12.1. The zero-order chi connectivity index (χ0) is 31.1. The Morgan fingerprint density at radius 1 is 0.854 bits per heavy atom. The maximum absolute atomic E-state index is 13.4. The maximum Gasteiger partial charge on any atom is 0.163 e. The molecule has 1 aliphatic rings. The van der Waals surface area contributed by atoms with Crippen LogP contribution in [-0.2, 0) is 32.0 Å². The quantitative estimate of drug-likeness (QED) is 0.176. The van der Waals surface area contributed by atoms with Gasteiger partial charge in [-0.1, -0.05) is 72.9 Å². The van der Waals surface area contributed by atoms with Crippen LogP contribution in [0.25, 0.3) is 0 Å². The molecule has 0 saturated heterocycles. The molecule has 5 nitrogen and oxygen atoms in total. The van der Waals surface area contributed by atoms with Crippen molar-refractivity contribution in [3.63, 3.8) is 0 Å². The van der Waals surface area contributed by atoms with Gasteiger partial charge in [-0.3, -0.25) is 24.0 Å². The molecule has 0 N–H and O–H groups in total. The fraction of sp³-hybridized carbons (Fsp3) is 0.694. The molecular weight excluding hydrogens is 512 g/mol. The predicted octanol–water partition coefficient (Wildman–Crippen LogP) is 8.43. The number of rotatable bonds is 17. The summed E-state index contributed by atoms with van der Waals surface area (Å²) in [6.45, 7) is 15.7. The van der Waals surface area contributed by atoms with Crippen molar-refractivity contribution in [1.29, 1.82) is 0 Å². The number of hydrogen-bond acceptors (Lipinski definition) is 5. The van der Waals surface area contributed by atoms with Crippen LogP contribution in [-0.4, -0.2) is 28.9 Å². The minimum absolute atomic E-state index is 0.00113. The van der Waals surface area contributed by atoms with Gasteiger partial charge in [0.1, 0.15) is 23.1 Å². The Bertz CT molecular complexity index is 1020. The molecule has 3 atom stereocenters. The van der Waals surface area contributed by atoms with E-state index in [4.69, 9.17) is 0 Å². The van der Waals surface area contributed by atoms with Crippen LogP contribution in [0.1, 0.15) is 146 Å². The third kappa shape index (κ3) is 11.1. The fourth-order valence-electron chi connectivity index (χ4n) is 6.46. The smallest absolute Gasteiger partial charge is 0.163 e. The number of ketones is 5. The standard InChI is InChI=1S/C33H48O5.C3H8/c1-7-11-25(27(10-4)31(37)16-21(5)34)17-23-18-26-15-14-24(22(6)33(26)32(38)19-23)20-28(29(35)12-8-2)30(36)13-9-3;1-3-2/h14-15,23,25,27-28H,7-13,16-20H2,1-6H3;3H2,1-2H3. The topological polar surface area (TPSA) is 85.3 Å². The van der Waals surface area contributed by atoms with E-state index in [9.17, 15) is 24.0 Å². The normalized spacial score (nSPS) is 15.9. The number of fused-ring (bicyclic) bond motifs is 1. The lowest BCUT2D eigenvalue weighted by Gasteiger charge is -2.32. The summed E-state index contributed by atoms with van der Waals surface area (Å²) < 4.78 is 0. The minimum Gasteiger partial charge on any atom is -0.300 e. The lowest BCUT2D eigenvalue weighted by Crippen LogP contribution is -2.30. The van der Waals surface area contributed by atoms with E-state index < -0.39 is 5.92 Å². The summed E-state index contributed by atoms with van der Waals surface area (Å²) in [6.07, 6.45) is 8.47. The number of carbonyl (C=O) groups excluding carboxylic acids is 5. The van der Waals surface area contributed by atoms with E-state index in [-0.39, 0.29) is 53.1 Å². The third-order valence-electron chi connectivity index (χ3n) is 8.26. The van der Waals surface area contributed by atoms with Crippen molar-refractivity contribution in [3.8, 4) is 0 Å². The van der Waals surface area contributed by atoms with Crippen LogP contribution < -0.4 is 0 Å². The molecule has 230 valence electrons. The van der Waals surface area contributed by atoms with Gasteiger partial charge in [0.05, 0.1) is 12.3 Å². The Hall–Kier alpha value is -2.43. The van der Waals surface area contributed by atoms with Gasteiger partial charge in [-0.15, -0.1) is 0 Å². The van der Waals surface area contributed by atoms with Crippen LogP contribution >= 0.6 is 0 Å². The van der Waals surface area contributed by atoms with Crippen molar-refractivity contribution in [3.05, 3.63) is 34.4 Å². The molecule has 0 fully saturated rings. The lowest BCUT2D eigenvalue weighted by atomic mass is 9.71. The molecule has 0 bridgehead atoms. The summed E-state index contributed by atoms with van der Waals surface area (Å²) >= 11 is 0. The molecular formula is C36H56O5. The van der Waals surface area contributed by atoms with Crippen molar-refractivity contribution >= 4 is 28.9 Å². The molecule has 0 radical (unpaired) electrons. The monoisotopic (exact) mass is 568 g/mol. The summed E-state index contributed by atoms with van der Waals surface area (Å²) in [6, 6.07) is 4.02. The first-order valence-electron chi connectivity index (χ1n) is 16.2. The highest BCUT2D eigenvalue weighted by Gasteiger charge is 2.34. The summed E-state index contributed by atoms with van der Waals surface area (Å²) in [5, 5.41) is 0. The highest BCUT2D eigenvalue weighted by molar-refractivity contribution is 6.03. The van der Waals surface area contributed by atoms with E-state index in [2.05, 4.69) is 20.8 Å². The summed E-state index contributed by atoms with van der Waals surface area (Å²) in [5.41, 5.74) is 3.61. The van der Waals surface area contributed by atoms with Crippen molar-refractivity contribution in [2.75, 3.05) is 0 Å². The van der Waals surface area contributed by atoms with Crippen LogP contribution in [0.5, 0.6) is 0 Å². The highest BCUT2D eigenvalue weighted by Crippen LogP contribution is 2.37. The minimum atomic E-state index is -0.633. The summed E-state index contributed by atoms with van der Waals surface area (Å²) in [4.78, 5) is 63.4. The molecule has 1 aromatic carbocycles. The lowest BCUT2D eigenvalue weighted by molar-refractivity contribution is -0.133. The van der Waals surface area contributed by atoms with E-state index in [1.165, 1.54) is 13.3 Å². The molecule has 0 aliphatic heterocycles. The van der Waals surface area contributed by atoms with Crippen LogP contribution in [0.15, 0.2) is 12.1 Å². The SMILES string of the molecule is CCC.CCCC(=O)C(Cc1ccc2c(c1C)C(=O)CC(CC(CCC)C(CC)C(=O)CC(C)=O)C2)C(=O)CCC. The first-order valence-corrected chi connectivity index (χ1v) is 16.2.